The second kappa shape index (κ2) is 7.64. The van der Waals surface area contributed by atoms with E-state index in [0.717, 1.165) is 11.3 Å². The second-order valence-electron chi connectivity index (χ2n) is 4.79. The molecule has 0 unspecified atom stereocenters. The normalized spacial score (nSPS) is 13.3. The molecule has 10 heteroatoms. The summed E-state index contributed by atoms with van der Waals surface area (Å²) in [6.45, 7) is 4.19. The largest absolute Gasteiger partial charge is 0.409 e. The molecule has 0 amide bonds. The fourth-order valence-electron chi connectivity index (χ4n) is 1.65. The van der Waals surface area contributed by atoms with Gasteiger partial charge >= 0.3 is 0 Å². The smallest absolute Gasteiger partial charge is 0.245 e. The standard InChI is InChI=1S/C11H17Cl2N3O3S2/c1-7(2)6-16(4-3-10(14)15-17)21(18,19)8-5-9(12)20-11(8)13/h5,7,17H,3-4,6H2,1-2H3,(H2,14,15). The molecule has 0 aromatic carbocycles. The van der Waals surface area contributed by atoms with Gasteiger partial charge in [-0.2, -0.15) is 4.31 Å². The Balaban J connectivity index is 3.08. The van der Waals surface area contributed by atoms with Gasteiger partial charge in [0.25, 0.3) is 0 Å². The summed E-state index contributed by atoms with van der Waals surface area (Å²) in [6, 6.07) is 1.33. The number of nitrogens with two attached hydrogens (primary N) is 1. The van der Waals surface area contributed by atoms with Crippen LogP contribution in [0, 0.1) is 5.92 Å². The quantitative estimate of drug-likeness (QED) is 0.332. The molecule has 3 N–H and O–H groups in total. The van der Waals surface area contributed by atoms with Gasteiger partial charge in [0.15, 0.2) is 0 Å². The van der Waals surface area contributed by atoms with E-state index in [-0.39, 0.29) is 34.0 Å². The Hall–Kier alpha value is -0.540. The molecule has 0 saturated heterocycles. The molecule has 1 heterocycles. The Kier molecular flexibility index (Phi) is 6.73. The van der Waals surface area contributed by atoms with Crippen LogP contribution in [-0.4, -0.2) is 36.9 Å². The number of rotatable bonds is 7. The Morgan fingerprint density at radius 1 is 1.52 bits per heavy atom. The van der Waals surface area contributed by atoms with Crippen molar-refractivity contribution in [3.05, 3.63) is 14.7 Å². The summed E-state index contributed by atoms with van der Waals surface area (Å²) >= 11 is 12.7. The average Bonchev–Trinajstić information content (AvgIpc) is 2.73. The molecule has 0 spiro atoms. The number of hydrogen-bond donors (Lipinski definition) is 2. The number of amidine groups is 1. The molecule has 0 aliphatic heterocycles. The van der Waals surface area contributed by atoms with Crippen molar-refractivity contribution in [1.82, 2.24) is 4.31 Å². The lowest BCUT2D eigenvalue weighted by Gasteiger charge is -2.23. The van der Waals surface area contributed by atoms with Gasteiger partial charge in [-0.15, -0.1) is 11.3 Å². The molecule has 0 aliphatic rings. The zero-order valence-electron chi connectivity index (χ0n) is 11.6. The van der Waals surface area contributed by atoms with Crippen LogP contribution in [0.3, 0.4) is 0 Å². The maximum absolute atomic E-state index is 12.6. The van der Waals surface area contributed by atoms with Crippen molar-refractivity contribution < 1.29 is 13.6 Å². The van der Waals surface area contributed by atoms with Gasteiger partial charge < -0.3 is 10.9 Å². The summed E-state index contributed by atoms with van der Waals surface area (Å²) in [6.07, 6.45) is 0.123. The molecule has 1 aromatic heterocycles. The molecule has 0 atom stereocenters. The summed E-state index contributed by atoms with van der Waals surface area (Å²) in [4.78, 5) is -0.0145. The van der Waals surface area contributed by atoms with Gasteiger partial charge in [-0.25, -0.2) is 8.42 Å². The van der Waals surface area contributed by atoms with Crippen LogP contribution in [0.1, 0.15) is 20.3 Å². The van der Waals surface area contributed by atoms with Crippen molar-refractivity contribution in [2.24, 2.45) is 16.8 Å². The number of sulfonamides is 1. The van der Waals surface area contributed by atoms with Gasteiger partial charge in [0.2, 0.25) is 10.0 Å². The van der Waals surface area contributed by atoms with Crippen LogP contribution in [-0.2, 0) is 10.0 Å². The number of halogens is 2. The average molecular weight is 374 g/mol. The molecule has 1 aromatic rings. The molecule has 0 saturated carbocycles. The fourth-order valence-corrected chi connectivity index (χ4v) is 5.36. The highest BCUT2D eigenvalue weighted by atomic mass is 35.5. The maximum atomic E-state index is 12.6. The Bertz CT molecular complexity index is 614. The van der Waals surface area contributed by atoms with Gasteiger partial charge in [0, 0.05) is 19.5 Å². The zero-order valence-corrected chi connectivity index (χ0v) is 14.7. The van der Waals surface area contributed by atoms with Crippen LogP contribution in [0.2, 0.25) is 8.67 Å². The van der Waals surface area contributed by atoms with E-state index >= 15 is 0 Å². The zero-order chi connectivity index (χ0) is 16.2. The van der Waals surface area contributed by atoms with Crippen LogP contribution in [0.25, 0.3) is 0 Å². The molecule has 0 bridgehead atoms. The van der Waals surface area contributed by atoms with Crippen molar-refractivity contribution >= 4 is 50.4 Å². The molecule has 21 heavy (non-hydrogen) atoms. The minimum atomic E-state index is -3.77. The Labute approximate surface area is 138 Å². The van der Waals surface area contributed by atoms with E-state index in [2.05, 4.69) is 5.16 Å². The van der Waals surface area contributed by atoms with Gasteiger partial charge in [-0.3, -0.25) is 0 Å². The maximum Gasteiger partial charge on any atom is 0.245 e. The molecule has 0 fully saturated rings. The van der Waals surface area contributed by atoms with E-state index in [1.54, 1.807) is 0 Å². The molecule has 0 aliphatic carbocycles. The summed E-state index contributed by atoms with van der Waals surface area (Å²) in [5.74, 6) is 0.0772. The molecular weight excluding hydrogens is 357 g/mol. The number of hydrogen-bond acceptors (Lipinski definition) is 5. The van der Waals surface area contributed by atoms with Crippen LogP contribution in [0.4, 0.5) is 0 Å². The Morgan fingerprint density at radius 3 is 2.57 bits per heavy atom. The van der Waals surface area contributed by atoms with E-state index in [0.29, 0.717) is 10.9 Å². The number of oxime groups is 1. The molecule has 1 rings (SSSR count). The number of thiophene rings is 1. The highest BCUT2D eigenvalue weighted by molar-refractivity contribution is 7.89. The lowest BCUT2D eigenvalue weighted by molar-refractivity contribution is 0.314. The van der Waals surface area contributed by atoms with Crippen LogP contribution in [0.5, 0.6) is 0 Å². The lowest BCUT2D eigenvalue weighted by Crippen LogP contribution is -2.36. The molecule has 120 valence electrons. The first-order valence-electron chi connectivity index (χ1n) is 6.09. The predicted molar refractivity (Wildman–Crippen MR) is 86.0 cm³/mol. The van der Waals surface area contributed by atoms with Crippen molar-refractivity contribution in [3.8, 4) is 0 Å². The van der Waals surface area contributed by atoms with E-state index in [1.165, 1.54) is 10.4 Å². The van der Waals surface area contributed by atoms with Crippen molar-refractivity contribution in [1.29, 1.82) is 0 Å². The van der Waals surface area contributed by atoms with E-state index in [1.807, 2.05) is 13.8 Å². The fraction of sp³-hybridized carbons (Fsp3) is 0.545. The minimum Gasteiger partial charge on any atom is -0.409 e. The summed E-state index contributed by atoms with van der Waals surface area (Å²) < 4.78 is 27.0. The third-order valence-corrected chi connectivity index (χ3v) is 6.18. The SMILES string of the molecule is CC(C)CN(CCC(N)=NO)S(=O)(=O)c1cc(Cl)sc1Cl. The first-order valence-corrected chi connectivity index (χ1v) is 9.11. The first kappa shape index (κ1) is 18.5. The van der Waals surface area contributed by atoms with Gasteiger partial charge in [0.05, 0.1) is 4.34 Å². The van der Waals surface area contributed by atoms with Gasteiger partial charge in [-0.05, 0) is 12.0 Å². The summed E-state index contributed by atoms with van der Waals surface area (Å²) in [5, 5.41) is 11.4. The first-order chi connectivity index (χ1) is 9.68. The van der Waals surface area contributed by atoms with E-state index in [4.69, 9.17) is 34.1 Å². The lowest BCUT2D eigenvalue weighted by atomic mass is 10.2. The molecule has 0 radical (unpaired) electrons. The summed E-state index contributed by atoms with van der Waals surface area (Å²) in [5.41, 5.74) is 5.40. The predicted octanol–water partition coefficient (Wildman–Crippen LogP) is 2.84. The molecular formula is C11H17Cl2N3O3S2. The highest BCUT2D eigenvalue weighted by Crippen LogP contribution is 2.36. The minimum absolute atomic E-state index is 0.0145. The second-order valence-corrected chi connectivity index (χ2v) is 8.98. The van der Waals surface area contributed by atoms with Crippen molar-refractivity contribution in [2.45, 2.75) is 25.2 Å². The van der Waals surface area contributed by atoms with Crippen molar-refractivity contribution in [2.75, 3.05) is 13.1 Å². The van der Waals surface area contributed by atoms with E-state index in [9.17, 15) is 8.42 Å². The van der Waals surface area contributed by atoms with Crippen molar-refractivity contribution in [3.63, 3.8) is 0 Å². The van der Waals surface area contributed by atoms with E-state index < -0.39 is 10.0 Å². The number of nitrogens with zero attached hydrogens (tertiary/aromatic N) is 2. The van der Waals surface area contributed by atoms with Gasteiger partial charge in [0.1, 0.15) is 15.1 Å². The third-order valence-electron chi connectivity index (χ3n) is 2.56. The highest BCUT2D eigenvalue weighted by Gasteiger charge is 2.29. The monoisotopic (exact) mass is 373 g/mol. The van der Waals surface area contributed by atoms with Crippen LogP contribution >= 0.6 is 34.5 Å². The summed E-state index contributed by atoms with van der Waals surface area (Å²) in [7, 11) is -3.77. The third kappa shape index (κ3) is 5.00. The Morgan fingerprint density at radius 2 is 2.14 bits per heavy atom. The van der Waals surface area contributed by atoms with Gasteiger partial charge in [-0.1, -0.05) is 42.2 Å². The molecule has 6 nitrogen and oxygen atoms in total. The van der Waals surface area contributed by atoms with Crippen LogP contribution < -0.4 is 5.73 Å². The topological polar surface area (TPSA) is 96.0 Å². The van der Waals surface area contributed by atoms with Crippen LogP contribution in [0.15, 0.2) is 16.1 Å².